The van der Waals surface area contributed by atoms with Crippen molar-refractivity contribution in [2.45, 2.75) is 33.0 Å². The lowest BCUT2D eigenvalue weighted by atomic mass is 10.1. The van der Waals surface area contributed by atoms with Crippen molar-refractivity contribution in [1.29, 1.82) is 0 Å². The first-order valence-corrected chi connectivity index (χ1v) is 11.8. The summed E-state index contributed by atoms with van der Waals surface area (Å²) in [5, 5.41) is 6.95. The maximum Gasteiger partial charge on any atom is 0.226 e. The number of amides is 1. The molecule has 0 spiro atoms. The summed E-state index contributed by atoms with van der Waals surface area (Å²) in [6.07, 6.45) is 0.835. The number of rotatable bonds is 11. The molecule has 0 aliphatic heterocycles. The van der Waals surface area contributed by atoms with Crippen LogP contribution in [0.5, 0.6) is 5.75 Å². The van der Waals surface area contributed by atoms with Gasteiger partial charge in [-0.1, -0.05) is 65.8 Å². The Labute approximate surface area is 210 Å². The van der Waals surface area contributed by atoms with E-state index < -0.39 is 0 Å². The zero-order valence-electron chi connectivity index (χ0n) is 20.4. The quantitative estimate of drug-likeness (QED) is 0.219. The van der Waals surface area contributed by atoms with Crippen molar-refractivity contribution in [2.75, 3.05) is 7.05 Å². The van der Waals surface area contributed by atoms with Crippen LogP contribution in [-0.4, -0.2) is 23.7 Å². The van der Waals surface area contributed by atoms with Crippen molar-refractivity contribution in [3.8, 4) is 17.2 Å². The molecule has 7 nitrogen and oxygen atoms in total. The Morgan fingerprint density at radius 2 is 1.61 bits per heavy atom. The summed E-state index contributed by atoms with van der Waals surface area (Å²) in [6, 6.07) is 27.2. The van der Waals surface area contributed by atoms with Crippen LogP contribution in [0, 0.1) is 6.92 Å². The average Bonchev–Trinajstić information content (AvgIpc) is 3.31. The molecule has 7 heteroatoms. The van der Waals surface area contributed by atoms with E-state index >= 15 is 0 Å². The second-order valence-corrected chi connectivity index (χ2v) is 8.17. The van der Waals surface area contributed by atoms with E-state index in [0.717, 1.165) is 39.6 Å². The number of nitrogens with zero attached hydrogens (tertiary/aromatic N) is 2. The third kappa shape index (κ3) is 6.82. The highest BCUT2D eigenvalue weighted by molar-refractivity contribution is 6.01. The van der Waals surface area contributed by atoms with Gasteiger partial charge < -0.3 is 19.3 Å². The highest BCUT2D eigenvalue weighted by Crippen LogP contribution is 2.23. The molecule has 0 unspecified atom stereocenters. The van der Waals surface area contributed by atoms with Crippen molar-refractivity contribution in [3.63, 3.8) is 0 Å². The monoisotopic (exact) mass is 483 g/mol. The third-order valence-corrected chi connectivity index (χ3v) is 5.59. The molecule has 1 N–H and O–H groups in total. The van der Waals surface area contributed by atoms with E-state index in [0.29, 0.717) is 31.9 Å². The second-order valence-electron chi connectivity index (χ2n) is 8.17. The van der Waals surface area contributed by atoms with Gasteiger partial charge in [0.1, 0.15) is 30.4 Å². The molecule has 0 aliphatic carbocycles. The third-order valence-electron chi connectivity index (χ3n) is 5.59. The minimum Gasteiger partial charge on any atom is -0.487 e. The Hall–Kier alpha value is -4.39. The number of hydrogen-bond donors (Lipinski definition) is 1. The molecule has 0 saturated carbocycles. The summed E-state index contributed by atoms with van der Waals surface area (Å²) in [7, 11) is 1.63. The largest absolute Gasteiger partial charge is 0.487 e. The Bertz CT molecular complexity index is 1280. The summed E-state index contributed by atoms with van der Waals surface area (Å²) in [5.41, 5.74) is 4.32. The molecule has 4 rings (SSSR count). The Balaban J connectivity index is 1.32. The van der Waals surface area contributed by atoms with E-state index in [1.807, 2.05) is 91.9 Å². The average molecular weight is 484 g/mol. The smallest absolute Gasteiger partial charge is 0.226 e. The second kappa shape index (κ2) is 12.4. The molecule has 3 aromatic carbocycles. The van der Waals surface area contributed by atoms with E-state index in [9.17, 15) is 4.79 Å². The SMILES string of the molecule is CNC(=O)CCC(=NOCc1ccc(OCc2nc(-c3ccccc3)oc2C)cc1)c1ccccc1. The van der Waals surface area contributed by atoms with Gasteiger partial charge in [0, 0.05) is 25.5 Å². The van der Waals surface area contributed by atoms with Crippen LogP contribution in [0.15, 0.2) is 94.5 Å². The molecule has 0 fully saturated rings. The zero-order valence-corrected chi connectivity index (χ0v) is 20.4. The molecule has 0 saturated heterocycles. The summed E-state index contributed by atoms with van der Waals surface area (Å²) < 4.78 is 11.7. The molecule has 184 valence electrons. The van der Waals surface area contributed by atoms with Crippen LogP contribution >= 0.6 is 0 Å². The molecular weight excluding hydrogens is 454 g/mol. The van der Waals surface area contributed by atoms with Gasteiger partial charge in [-0.25, -0.2) is 4.98 Å². The summed E-state index contributed by atoms with van der Waals surface area (Å²) in [5.74, 6) is 2.01. The maximum atomic E-state index is 11.7. The molecule has 0 bridgehead atoms. The van der Waals surface area contributed by atoms with Crippen LogP contribution in [0.25, 0.3) is 11.5 Å². The van der Waals surface area contributed by atoms with E-state index in [1.165, 1.54) is 0 Å². The normalized spacial score (nSPS) is 11.2. The first kappa shape index (κ1) is 24.7. The molecule has 1 amide bonds. The van der Waals surface area contributed by atoms with Gasteiger partial charge in [-0.05, 0) is 42.3 Å². The fourth-order valence-corrected chi connectivity index (χ4v) is 3.51. The van der Waals surface area contributed by atoms with Gasteiger partial charge in [0.25, 0.3) is 0 Å². The maximum absolute atomic E-state index is 11.7. The van der Waals surface area contributed by atoms with Crippen molar-refractivity contribution in [1.82, 2.24) is 10.3 Å². The van der Waals surface area contributed by atoms with Gasteiger partial charge >= 0.3 is 0 Å². The number of aromatic nitrogens is 1. The van der Waals surface area contributed by atoms with Gasteiger partial charge in [-0.3, -0.25) is 4.79 Å². The van der Waals surface area contributed by atoms with Crippen molar-refractivity contribution < 1.29 is 18.8 Å². The number of hydrogen-bond acceptors (Lipinski definition) is 6. The van der Waals surface area contributed by atoms with Crippen molar-refractivity contribution >= 4 is 11.6 Å². The number of benzene rings is 3. The standard InChI is InChI=1S/C29H29N3O4/c1-21-27(31-29(36-21)24-11-7-4-8-12-24)20-34-25-15-13-22(14-16-25)19-35-32-26(17-18-28(33)30-2)23-9-5-3-6-10-23/h3-16H,17-20H2,1-2H3,(H,30,33). The van der Waals surface area contributed by atoms with E-state index in [-0.39, 0.29) is 5.91 Å². The van der Waals surface area contributed by atoms with Gasteiger partial charge in [0.2, 0.25) is 11.8 Å². The first-order valence-electron chi connectivity index (χ1n) is 11.8. The lowest BCUT2D eigenvalue weighted by molar-refractivity contribution is -0.120. The number of carbonyl (C=O) groups excluding carboxylic acids is 1. The Morgan fingerprint density at radius 3 is 2.31 bits per heavy atom. The summed E-state index contributed by atoms with van der Waals surface area (Å²) in [4.78, 5) is 21.9. The van der Waals surface area contributed by atoms with Crippen LogP contribution in [-0.2, 0) is 22.8 Å². The lowest BCUT2D eigenvalue weighted by Gasteiger charge is -2.08. The highest BCUT2D eigenvalue weighted by atomic mass is 16.6. The summed E-state index contributed by atoms with van der Waals surface area (Å²) >= 11 is 0. The minimum atomic E-state index is -0.0358. The molecular formula is C29H29N3O4. The number of nitrogens with one attached hydrogen (secondary N) is 1. The van der Waals surface area contributed by atoms with E-state index in [2.05, 4.69) is 15.5 Å². The Kier molecular flexibility index (Phi) is 8.48. The zero-order chi connectivity index (χ0) is 25.2. The van der Waals surface area contributed by atoms with Crippen molar-refractivity contribution in [2.24, 2.45) is 5.16 Å². The van der Waals surface area contributed by atoms with Crippen LogP contribution in [0.3, 0.4) is 0 Å². The molecule has 4 aromatic rings. The predicted molar refractivity (Wildman–Crippen MR) is 139 cm³/mol. The lowest BCUT2D eigenvalue weighted by Crippen LogP contribution is -2.19. The van der Waals surface area contributed by atoms with Gasteiger partial charge in [0.05, 0.1) is 5.71 Å². The predicted octanol–water partition coefficient (Wildman–Crippen LogP) is 5.68. The van der Waals surface area contributed by atoms with Gasteiger partial charge in [-0.2, -0.15) is 0 Å². The summed E-state index contributed by atoms with van der Waals surface area (Å²) in [6.45, 7) is 2.50. The number of carbonyl (C=O) groups is 1. The fourth-order valence-electron chi connectivity index (χ4n) is 3.51. The number of aryl methyl sites for hydroxylation is 1. The fraction of sp³-hybridized carbons (Fsp3) is 0.207. The molecule has 0 aliphatic rings. The van der Waals surface area contributed by atoms with Crippen LogP contribution in [0.4, 0.5) is 0 Å². The molecule has 1 aromatic heterocycles. The number of oxime groups is 1. The number of oxazole rings is 1. The van der Waals surface area contributed by atoms with Gasteiger partial charge in [0.15, 0.2) is 0 Å². The van der Waals surface area contributed by atoms with Crippen LogP contribution in [0.1, 0.15) is 35.4 Å². The first-order chi connectivity index (χ1) is 17.6. The van der Waals surface area contributed by atoms with Crippen LogP contribution < -0.4 is 10.1 Å². The van der Waals surface area contributed by atoms with Gasteiger partial charge in [-0.15, -0.1) is 0 Å². The van der Waals surface area contributed by atoms with Crippen molar-refractivity contribution in [3.05, 3.63) is 108 Å². The minimum absolute atomic E-state index is 0.0358. The molecule has 0 radical (unpaired) electrons. The molecule has 36 heavy (non-hydrogen) atoms. The van der Waals surface area contributed by atoms with E-state index in [1.54, 1.807) is 7.05 Å². The van der Waals surface area contributed by atoms with Crippen LogP contribution in [0.2, 0.25) is 0 Å². The number of ether oxygens (including phenoxy) is 1. The molecule has 0 atom stereocenters. The topological polar surface area (TPSA) is 86.0 Å². The highest BCUT2D eigenvalue weighted by Gasteiger charge is 2.12. The Morgan fingerprint density at radius 1 is 0.917 bits per heavy atom. The van der Waals surface area contributed by atoms with E-state index in [4.69, 9.17) is 14.0 Å². The molecule has 1 heterocycles.